The van der Waals surface area contributed by atoms with Gasteiger partial charge in [0.05, 0.1) is 4.88 Å². The Hall–Kier alpha value is -1.89. The van der Waals surface area contributed by atoms with Crippen LogP contribution in [-0.4, -0.2) is 29.4 Å². The van der Waals surface area contributed by atoms with E-state index in [-0.39, 0.29) is 6.54 Å². The molecule has 2 N–H and O–H groups in total. The number of imide groups is 1. The number of carbonyl (C=O) groups excluding carboxylic acids is 3. The Morgan fingerprint density at radius 2 is 2.33 bits per heavy atom. The third-order valence-corrected chi connectivity index (χ3v) is 2.64. The van der Waals surface area contributed by atoms with Crippen LogP contribution in [0.2, 0.25) is 0 Å². The van der Waals surface area contributed by atoms with E-state index in [1.165, 1.54) is 11.3 Å². The summed E-state index contributed by atoms with van der Waals surface area (Å²) in [6.07, 6.45) is 0. The van der Waals surface area contributed by atoms with E-state index in [4.69, 9.17) is 0 Å². The summed E-state index contributed by atoms with van der Waals surface area (Å²) in [4.78, 5) is 33.9. The van der Waals surface area contributed by atoms with Gasteiger partial charge in [0.25, 0.3) is 5.91 Å². The summed E-state index contributed by atoms with van der Waals surface area (Å²) in [6, 6.07) is 2.76. The number of hydrogen-bond donors (Lipinski definition) is 2. The van der Waals surface area contributed by atoms with Crippen LogP contribution >= 0.6 is 11.3 Å². The fraction of sp³-hybridized carbons (Fsp3) is 0.125. The average molecular weight is 225 g/mol. The second kappa shape index (κ2) is 3.70. The highest BCUT2D eigenvalue weighted by atomic mass is 32.1. The van der Waals surface area contributed by atoms with Gasteiger partial charge in [-0.1, -0.05) is 6.07 Å². The van der Waals surface area contributed by atoms with Crippen LogP contribution in [0.5, 0.6) is 0 Å². The Labute approximate surface area is 88.8 Å². The number of hydrogen-bond acceptors (Lipinski definition) is 4. The maximum absolute atomic E-state index is 11.5. The zero-order chi connectivity index (χ0) is 10.8. The normalized spacial score (nSPS) is 15.3. The lowest BCUT2D eigenvalue weighted by atomic mass is 10.4. The van der Waals surface area contributed by atoms with Crippen molar-refractivity contribution in [3.63, 3.8) is 0 Å². The molecule has 1 aromatic rings. The summed E-state index contributed by atoms with van der Waals surface area (Å²) in [5.74, 6) is -0.818. The van der Waals surface area contributed by atoms with Gasteiger partial charge in [0.1, 0.15) is 6.54 Å². The summed E-state index contributed by atoms with van der Waals surface area (Å²) in [5, 5.41) is 4.76. The Morgan fingerprint density at radius 3 is 2.87 bits per heavy atom. The number of rotatable bonds is 2. The molecule has 0 spiro atoms. The molecule has 6 nitrogen and oxygen atoms in total. The zero-order valence-corrected chi connectivity index (χ0v) is 8.34. The minimum Gasteiger partial charge on any atom is -0.275 e. The van der Waals surface area contributed by atoms with Gasteiger partial charge in [-0.3, -0.25) is 20.3 Å². The fourth-order valence-corrected chi connectivity index (χ4v) is 1.73. The molecular formula is C8H7N3O3S. The first-order chi connectivity index (χ1) is 7.16. The Kier molecular flexibility index (Phi) is 2.38. The monoisotopic (exact) mass is 225 g/mol. The Bertz CT molecular complexity index is 415. The number of nitrogens with one attached hydrogen (secondary N) is 2. The molecule has 4 amide bonds. The summed E-state index contributed by atoms with van der Waals surface area (Å²) in [5.41, 5.74) is 2.33. The third kappa shape index (κ3) is 1.96. The van der Waals surface area contributed by atoms with Gasteiger partial charge in [0.2, 0.25) is 5.91 Å². The summed E-state index contributed by atoms with van der Waals surface area (Å²) in [6.45, 7) is -0.143. The van der Waals surface area contributed by atoms with E-state index in [2.05, 4.69) is 10.7 Å². The van der Waals surface area contributed by atoms with Crippen molar-refractivity contribution < 1.29 is 14.4 Å². The lowest BCUT2D eigenvalue weighted by Crippen LogP contribution is -2.43. The molecule has 1 saturated heterocycles. The molecule has 15 heavy (non-hydrogen) atoms. The van der Waals surface area contributed by atoms with Crippen molar-refractivity contribution in [3.05, 3.63) is 22.4 Å². The number of nitrogens with zero attached hydrogens (tertiary/aromatic N) is 1. The van der Waals surface area contributed by atoms with Crippen LogP contribution in [0, 0.1) is 0 Å². The zero-order valence-electron chi connectivity index (χ0n) is 7.52. The standard InChI is InChI=1S/C8H7N3O3S/c12-6-4-11(8(14)9-6)10-7(13)5-2-1-3-15-5/h1-3H,4H2,(H,10,13)(H,9,12,14). The van der Waals surface area contributed by atoms with E-state index in [0.717, 1.165) is 5.01 Å². The topological polar surface area (TPSA) is 78.5 Å². The van der Waals surface area contributed by atoms with Crippen molar-refractivity contribution in [2.45, 2.75) is 0 Å². The van der Waals surface area contributed by atoms with Crippen LogP contribution in [0.25, 0.3) is 0 Å². The van der Waals surface area contributed by atoms with Gasteiger partial charge >= 0.3 is 6.03 Å². The molecule has 0 bridgehead atoms. The Morgan fingerprint density at radius 1 is 1.53 bits per heavy atom. The van der Waals surface area contributed by atoms with Crippen molar-refractivity contribution >= 4 is 29.2 Å². The van der Waals surface area contributed by atoms with Crippen LogP contribution in [-0.2, 0) is 4.79 Å². The molecule has 0 unspecified atom stereocenters. The predicted molar refractivity (Wildman–Crippen MR) is 52.0 cm³/mol. The van der Waals surface area contributed by atoms with Crippen LogP contribution in [0.15, 0.2) is 17.5 Å². The minimum absolute atomic E-state index is 0.143. The van der Waals surface area contributed by atoms with Gasteiger partial charge in [0.15, 0.2) is 0 Å². The highest BCUT2D eigenvalue weighted by Crippen LogP contribution is 2.08. The van der Waals surface area contributed by atoms with E-state index in [1.54, 1.807) is 17.5 Å². The molecule has 1 aliphatic heterocycles. The van der Waals surface area contributed by atoms with E-state index >= 15 is 0 Å². The minimum atomic E-state index is -0.607. The molecule has 0 saturated carbocycles. The number of urea groups is 1. The Balaban J connectivity index is 2.01. The van der Waals surface area contributed by atoms with E-state index in [9.17, 15) is 14.4 Å². The second-order valence-corrected chi connectivity index (χ2v) is 3.81. The molecule has 7 heteroatoms. The summed E-state index contributed by atoms with van der Waals surface area (Å²) < 4.78 is 0. The molecule has 2 heterocycles. The first-order valence-electron chi connectivity index (χ1n) is 4.12. The van der Waals surface area contributed by atoms with Crippen molar-refractivity contribution in [3.8, 4) is 0 Å². The largest absolute Gasteiger partial charge is 0.343 e. The maximum atomic E-state index is 11.5. The van der Waals surface area contributed by atoms with Crippen LogP contribution in [0.3, 0.4) is 0 Å². The second-order valence-electron chi connectivity index (χ2n) is 2.86. The SMILES string of the molecule is O=C1CN(NC(=O)c2cccs2)C(=O)N1. The molecule has 2 rings (SSSR count). The van der Waals surface area contributed by atoms with Crippen molar-refractivity contribution in [1.82, 2.24) is 15.8 Å². The first kappa shape index (κ1) is 9.66. The number of amides is 4. The van der Waals surface area contributed by atoms with Gasteiger partial charge in [-0.05, 0) is 11.4 Å². The average Bonchev–Trinajstić information content (AvgIpc) is 2.76. The van der Waals surface area contributed by atoms with Crippen LogP contribution in [0.1, 0.15) is 9.67 Å². The van der Waals surface area contributed by atoms with E-state index in [0.29, 0.717) is 4.88 Å². The molecule has 0 radical (unpaired) electrons. The van der Waals surface area contributed by atoms with Crippen molar-refractivity contribution in [1.29, 1.82) is 0 Å². The molecule has 0 atom stereocenters. The van der Waals surface area contributed by atoms with Crippen molar-refractivity contribution in [2.24, 2.45) is 0 Å². The third-order valence-electron chi connectivity index (χ3n) is 1.77. The smallest absolute Gasteiger partial charge is 0.275 e. The molecule has 1 aromatic heterocycles. The van der Waals surface area contributed by atoms with Crippen LogP contribution in [0.4, 0.5) is 4.79 Å². The highest BCUT2D eigenvalue weighted by molar-refractivity contribution is 7.12. The predicted octanol–water partition coefficient (Wildman–Crippen LogP) is -0.0553. The summed E-state index contributed by atoms with van der Waals surface area (Å²) >= 11 is 1.26. The van der Waals surface area contributed by atoms with E-state index in [1.807, 2.05) is 0 Å². The van der Waals surface area contributed by atoms with Gasteiger partial charge in [-0.25, -0.2) is 9.80 Å². The number of thiophene rings is 1. The molecule has 1 fully saturated rings. The summed E-state index contributed by atoms with van der Waals surface area (Å²) in [7, 11) is 0. The van der Waals surface area contributed by atoms with Gasteiger partial charge in [-0.2, -0.15) is 0 Å². The van der Waals surface area contributed by atoms with Crippen molar-refractivity contribution in [2.75, 3.05) is 6.54 Å². The number of hydrazine groups is 1. The van der Waals surface area contributed by atoms with Gasteiger partial charge in [0, 0.05) is 0 Å². The van der Waals surface area contributed by atoms with Gasteiger partial charge < -0.3 is 0 Å². The maximum Gasteiger partial charge on any atom is 0.343 e. The molecule has 1 aliphatic rings. The molecule has 0 aromatic carbocycles. The number of carbonyl (C=O) groups is 3. The molecular weight excluding hydrogens is 218 g/mol. The van der Waals surface area contributed by atoms with Gasteiger partial charge in [-0.15, -0.1) is 11.3 Å². The lowest BCUT2D eigenvalue weighted by Gasteiger charge is -2.13. The molecule has 78 valence electrons. The lowest BCUT2D eigenvalue weighted by molar-refractivity contribution is -0.118. The van der Waals surface area contributed by atoms with Crippen LogP contribution < -0.4 is 10.7 Å². The first-order valence-corrected chi connectivity index (χ1v) is 5.00. The highest BCUT2D eigenvalue weighted by Gasteiger charge is 2.28. The fourth-order valence-electron chi connectivity index (χ4n) is 1.12. The molecule has 0 aliphatic carbocycles. The van der Waals surface area contributed by atoms with E-state index < -0.39 is 17.8 Å². The quantitative estimate of drug-likeness (QED) is 0.692.